The molecule has 0 aliphatic heterocycles. The smallest absolute Gasteiger partial charge is 0.141 e. The molecule has 0 bridgehead atoms. The van der Waals surface area contributed by atoms with Gasteiger partial charge in [0.15, 0.2) is 0 Å². The molecule has 0 N–H and O–H groups in total. The van der Waals surface area contributed by atoms with Crippen LogP contribution in [-0.2, 0) is 17.6 Å². The molecule has 0 fully saturated rings. The van der Waals surface area contributed by atoms with Crippen LogP contribution in [0, 0.1) is 5.82 Å². The van der Waals surface area contributed by atoms with Crippen molar-refractivity contribution >= 4 is 33.3 Å². The van der Waals surface area contributed by atoms with Crippen molar-refractivity contribution in [2.45, 2.75) is 12.8 Å². The zero-order chi connectivity index (χ0) is 13.8. The molecule has 0 heterocycles. The van der Waals surface area contributed by atoms with Crippen LogP contribution in [0.5, 0.6) is 0 Å². The number of halogens is 3. The molecule has 1 nitrogen and oxygen atoms in total. The lowest BCUT2D eigenvalue weighted by Gasteiger charge is -2.04. The van der Waals surface area contributed by atoms with Crippen LogP contribution in [0.3, 0.4) is 0 Å². The van der Waals surface area contributed by atoms with Crippen molar-refractivity contribution in [1.82, 2.24) is 0 Å². The molecule has 0 radical (unpaired) electrons. The van der Waals surface area contributed by atoms with E-state index in [1.54, 1.807) is 24.3 Å². The quantitative estimate of drug-likeness (QED) is 0.794. The average Bonchev–Trinajstić information content (AvgIpc) is 2.34. The highest BCUT2D eigenvalue weighted by Crippen LogP contribution is 2.18. The normalized spacial score (nSPS) is 10.5. The minimum Gasteiger partial charge on any atom is -0.299 e. The van der Waals surface area contributed by atoms with Gasteiger partial charge in [-0.3, -0.25) is 4.79 Å². The molecule has 0 aliphatic carbocycles. The lowest BCUT2D eigenvalue weighted by molar-refractivity contribution is -0.117. The molecule has 0 aliphatic rings. The number of Topliss-reactive ketones (excluding diaryl/α,β-unsaturated/α-hetero) is 1. The second-order valence-electron chi connectivity index (χ2n) is 4.27. The first-order valence-corrected chi connectivity index (χ1v) is 6.92. The molecular formula is C15H11BrClFO. The largest absolute Gasteiger partial charge is 0.299 e. The van der Waals surface area contributed by atoms with Gasteiger partial charge in [0.2, 0.25) is 0 Å². The number of carbonyl (C=O) groups is 1. The molecule has 2 rings (SSSR count). The van der Waals surface area contributed by atoms with E-state index in [1.807, 2.05) is 12.1 Å². The molecule has 0 amide bonds. The van der Waals surface area contributed by atoms with Gasteiger partial charge in [0.25, 0.3) is 0 Å². The monoisotopic (exact) mass is 340 g/mol. The third-order valence-corrected chi connectivity index (χ3v) is 3.52. The zero-order valence-corrected chi connectivity index (χ0v) is 12.3. The first kappa shape index (κ1) is 14.2. The highest BCUT2D eigenvalue weighted by Gasteiger charge is 2.07. The molecule has 4 heteroatoms. The molecule has 0 unspecified atom stereocenters. The molecule has 98 valence electrons. The maximum atomic E-state index is 13.1. The van der Waals surface area contributed by atoms with Gasteiger partial charge < -0.3 is 0 Å². The van der Waals surface area contributed by atoms with Crippen molar-refractivity contribution < 1.29 is 9.18 Å². The molecule has 0 aromatic heterocycles. The highest BCUT2D eigenvalue weighted by molar-refractivity contribution is 9.10. The van der Waals surface area contributed by atoms with Gasteiger partial charge in [-0.05, 0) is 51.3 Å². The molecule has 0 spiro atoms. The summed E-state index contributed by atoms with van der Waals surface area (Å²) >= 11 is 8.98. The Hall–Kier alpha value is -1.19. The summed E-state index contributed by atoms with van der Waals surface area (Å²) in [7, 11) is 0. The van der Waals surface area contributed by atoms with Crippen LogP contribution in [0.1, 0.15) is 11.1 Å². The van der Waals surface area contributed by atoms with E-state index in [4.69, 9.17) is 11.6 Å². The predicted molar refractivity (Wildman–Crippen MR) is 78.0 cm³/mol. The third-order valence-electron chi connectivity index (χ3n) is 2.68. The SMILES string of the molecule is O=C(Cc1cccc(Cl)c1)Cc1ccc(F)c(Br)c1. The molecule has 0 saturated heterocycles. The van der Waals surface area contributed by atoms with Crippen molar-refractivity contribution in [3.63, 3.8) is 0 Å². The Bertz CT molecular complexity index is 613. The van der Waals surface area contributed by atoms with Gasteiger partial charge in [-0.15, -0.1) is 0 Å². The van der Waals surface area contributed by atoms with E-state index in [0.717, 1.165) is 11.1 Å². The topological polar surface area (TPSA) is 17.1 Å². The minimum absolute atomic E-state index is 0.0702. The van der Waals surface area contributed by atoms with Crippen molar-refractivity contribution in [3.8, 4) is 0 Å². The van der Waals surface area contributed by atoms with Crippen molar-refractivity contribution in [2.24, 2.45) is 0 Å². The highest BCUT2D eigenvalue weighted by atomic mass is 79.9. The van der Waals surface area contributed by atoms with E-state index in [1.165, 1.54) is 6.07 Å². The summed E-state index contributed by atoms with van der Waals surface area (Å²) in [6.45, 7) is 0. The van der Waals surface area contributed by atoms with Gasteiger partial charge in [0.1, 0.15) is 11.6 Å². The van der Waals surface area contributed by atoms with Gasteiger partial charge in [-0.2, -0.15) is 0 Å². The molecule has 2 aromatic carbocycles. The molecule has 0 saturated carbocycles. The van der Waals surface area contributed by atoms with Gasteiger partial charge in [0, 0.05) is 17.9 Å². The van der Waals surface area contributed by atoms with E-state index >= 15 is 0 Å². The lowest BCUT2D eigenvalue weighted by Crippen LogP contribution is -2.06. The molecule has 2 aromatic rings. The Morgan fingerprint density at radius 2 is 1.79 bits per heavy atom. The maximum absolute atomic E-state index is 13.1. The van der Waals surface area contributed by atoms with Gasteiger partial charge in [-0.25, -0.2) is 4.39 Å². The fourth-order valence-corrected chi connectivity index (χ4v) is 2.45. The first-order valence-electron chi connectivity index (χ1n) is 5.74. The molecule has 19 heavy (non-hydrogen) atoms. The summed E-state index contributed by atoms with van der Waals surface area (Å²) in [6.07, 6.45) is 0.612. The number of rotatable bonds is 4. The Morgan fingerprint density at radius 1 is 1.11 bits per heavy atom. The average molecular weight is 342 g/mol. The van der Waals surface area contributed by atoms with Crippen molar-refractivity contribution in [1.29, 1.82) is 0 Å². The van der Waals surface area contributed by atoms with Crippen LogP contribution >= 0.6 is 27.5 Å². The van der Waals surface area contributed by atoms with E-state index in [9.17, 15) is 9.18 Å². The Morgan fingerprint density at radius 3 is 2.42 bits per heavy atom. The van der Waals surface area contributed by atoms with Gasteiger partial charge in [-0.1, -0.05) is 29.8 Å². The maximum Gasteiger partial charge on any atom is 0.141 e. The van der Waals surface area contributed by atoms with Gasteiger partial charge in [0.05, 0.1) is 4.47 Å². The van der Waals surface area contributed by atoms with Crippen LogP contribution in [0.2, 0.25) is 5.02 Å². The van der Waals surface area contributed by atoms with E-state index < -0.39 is 0 Å². The second-order valence-corrected chi connectivity index (χ2v) is 5.56. The number of hydrogen-bond acceptors (Lipinski definition) is 1. The summed E-state index contributed by atoms with van der Waals surface area (Å²) in [5, 5.41) is 0.620. The summed E-state index contributed by atoms with van der Waals surface area (Å²) < 4.78 is 13.5. The number of hydrogen-bond donors (Lipinski definition) is 0. The number of ketones is 1. The second kappa shape index (κ2) is 6.31. The summed E-state index contributed by atoms with van der Waals surface area (Å²) in [5.41, 5.74) is 1.68. The van der Waals surface area contributed by atoms with Crippen molar-refractivity contribution in [2.75, 3.05) is 0 Å². The van der Waals surface area contributed by atoms with Crippen molar-refractivity contribution in [3.05, 3.63) is 68.9 Å². The number of carbonyl (C=O) groups excluding carboxylic acids is 1. The fourth-order valence-electron chi connectivity index (χ4n) is 1.81. The molecule has 0 atom stereocenters. The standard InChI is InChI=1S/C15H11BrClFO/c16-14-9-11(4-5-15(14)18)8-13(19)7-10-2-1-3-12(17)6-10/h1-6,9H,7-8H2. The van der Waals surface area contributed by atoms with Gasteiger partial charge >= 0.3 is 0 Å². The number of benzene rings is 2. The summed E-state index contributed by atoms with van der Waals surface area (Å²) in [6, 6.07) is 11.8. The fraction of sp³-hybridized carbons (Fsp3) is 0.133. The third kappa shape index (κ3) is 4.15. The summed E-state index contributed by atoms with van der Waals surface area (Å²) in [5.74, 6) is -0.258. The van der Waals surface area contributed by atoms with Crippen LogP contribution in [0.25, 0.3) is 0 Å². The first-order chi connectivity index (χ1) is 9.04. The Labute approximate surface area is 124 Å². The van der Waals surface area contributed by atoms with Crippen LogP contribution in [0.15, 0.2) is 46.9 Å². The van der Waals surface area contributed by atoms with E-state index in [-0.39, 0.29) is 18.0 Å². The Kier molecular flexibility index (Phi) is 4.72. The minimum atomic E-state index is -0.328. The van der Waals surface area contributed by atoms with Crippen LogP contribution < -0.4 is 0 Å². The zero-order valence-electron chi connectivity index (χ0n) is 10.00. The lowest BCUT2D eigenvalue weighted by atomic mass is 10.0. The van der Waals surface area contributed by atoms with Crippen LogP contribution in [0.4, 0.5) is 4.39 Å². The predicted octanol–water partition coefficient (Wildman–Crippen LogP) is 4.60. The summed E-state index contributed by atoms with van der Waals surface area (Å²) in [4.78, 5) is 11.9. The van der Waals surface area contributed by atoms with E-state index in [2.05, 4.69) is 15.9 Å². The van der Waals surface area contributed by atoms with E-state index in [0.29, 0.717) is 15.9 Å². The van der Waals surface area contributed by atoms with Crippen LogP contribution in [-0.4, -0.2) is 5.78 Å². The Balaban J connectivity index is 2.03. The molecular weight excluding hydrogens is 331 g/mol.